The lowest BCUT2D eigenvalue weighted by Crippen LogP contribution is -2.44. The van der Waals surface area contributed by atoms with Crippen molar-refractivity contribution in [1.29, 1.82) is 0 Å². The van der Waals surface area contributed by atoms with E-state index in [1.54, 1.807) is 25.5 Å². The predicted octanol–water partition coefficient (Wildman–Crippen LogP) is 5.37. The topological polar surface area (TPSA) is 68.0 Å². The number of ether oxygens (including phenoxy) is 1. The van der Waals surface area contributed by atoms with E-state index in [1.807, 2.05) is 30.3 Å². The first-order chi connectivity index (χ1) is 13.7. The number of hydrogen-bond acceptors (Lipinski definition) is 5. The Kier molecular flexibility index (Phi) is 4.60. The van der Waals surface area contributed by atoms with Crippen molar-refractivity contribution in [2.75, 3.05) is 18.6 Å². The standard InChI is InChI=1S/C23H27N3O3/c1-22(2)12-19-13-23(22,3)15-25(19)21-10-7-18(26(27)28)11-16(21)14-24-17-5-8-20(29-4)9-6-17/h5-11,14,19H,12-13,15H2,1-4H3/t19-,23-/m1/s1. The molecule has 1 aliphatic carbocycles. The van der Waals surface area contributed by atoms with Crippen LogP contribution in [0.15, 0.2) is 47.5 Å². The van der Waals surface area contributed by atoms with Gasteiger partial charge in [-0.1, -0.05) is 20.8 Å². The Bertz CT molecular complexity index is 966. The monoisotopic (exact) mass is 393 g/mol. The molecule has 6 nitrogen and oxygen atoms in total. The Hall–Kier alpha value is -2.89. The average Bonchev–Trinajstić information content (AvgIpc) is 3.14. The van der Waals surface area contributed by atoms with Crippen molar-refractivity contribution < 1.29 is 9.66 Å². The minimum Gasteiger partial charge on any atom is -0.497 e. The van der Waals surface area contributed by atoms with Crippen molar-refractivity contribution in [1.82, 2.24) is 0 Å². The minimum absolute atomic E-state index is 0.0841. The van der Waals surface area contributed by atoms with Gasteiger partial charge < -0.3 is 9.64 Å². The zero-order valence-corrected chi connectivity index (χ0v) is 17.4. The molecule has 0 N–H and O–H groups in total. The first kappa shape index (κ1) is 19.4. The molecule has 0 aromatic heterocycles. The largest absolute Gasteiger partial charge is 0.497 e. The zero-order valence-electron chi connectivity index (χ0n) is 17.4. The van der Waals surface area contributed by atoms with Crippen LogP contribution in [0.2, 0.25) is 0 Å². The van der Waals surface area contributed by atoms with Crippen LogP contribution in [0.4, 0.5) is 17.1 Å². The van der Waals surface area contributed by atoms with Crippen molar-refractivity contribution >= 4 is 23.3 Å². The summed E-state index contributed by atoms with van der Waals surface area (Å²) in [4.78, 5) is 18.0. The number of anilines is 1. The third-order valence-electron chi connectivity index (χ3n) is 6.98. The number of nitro groups is 1. The number of fused-ring (bicyclic) bond motifs is 2. The van der Waals surface area contributed by atoms with E-state index in [-0.39, 0.29) is 16.0 Å². The summed E-state index contributed by atoms with van der Waals surface area (Å²) in [6.07, 6.45) is 4.03. The van der Waals surface area contributed by atoms with Crippen LogP contribution < -0.4 is 9.64 Å². The van der Waals surface area contributed by atoms with Gasteiger partial charge in [-0.2, -0.15) is 0 Å². The van der Waals surface area contributed by atoms with Gasteiger partial charge in [-0.3, -0.25) is 15.1 Å². The fourth-order valence-corrected chi connectivity index (χ4v) is 4.82. The molecule has 0 spiro atoms. The van der Waals surface area contributed by atoms with E-state index in [4.69, 9.17) is 4.74 Å². The fourth-order valence-electron chi connectivity index (χ4n) is 4.82. The molecule has 2 aromatic rings. The third kappa shape index (κ3) is 3.37. The molecule has 2 fully saturated rings. The molecule has 2 aromatic carbocycles. The van der Waals surface area contributed by atoms with Gasteiger partial charge in [0.25, 0.3) is 5.69 Å². The Balaban J connectivity index is 1.68. The number of aliphatic imine (C=N–C) groups is 1. The van der Waals surface area contributed by atoms with Gasteiger partial charge in [0.2, 0.25) is 0 Å². The molecule has 0 unspecified atom stereocenters. The summed E-state index contributed by atoms with van der Waals surface area (Å²) < 4.78 is 5.18. The van der Waals surface area contributed by atoms with E-state index < -0.39 is 0 Å². The van der Waals surface area contributed by atoms with Gasteiger partial charge in [0.15, 0.2) is 0 Å². The Morgan fingerprint density at radius 2 is 1.90 bits per heavy atom. The van der Waals surface area contributed by atoms with Crippen molar-refractivity contribution in [3.8, 4) is 5.75 Å². The van der Waals surface area contributed by atoms with E-state index in [2.05, 4.69) is 30.7 Å². The Labute approximate surface area is 171 Å². The van der Waals surface area contributed by atoms with Crippen LogP contribution in [0, 0.1) is 20.9 Å². The number of nitrogens with zero attached hydrogens (tertiary/aromatic N) is 3. The van der Waals surface area contributed by atoms with Gasteiger partial charge in [-0.25, -0.2) is 0 Å². The second-order valence-corrected chi connectivity index (χ2v) is 9.09. The molecule has 0 radical (unpaired) electrons. The molecule has 2 aliphatic rings. The van der Waals surface area contributed by atoms with Crippen LogP contribution >= 0.6 is 0 Å². The summed E-state index contributed by atoms with van der Waals surface area (Å²) in [5.41, 5.74) is 3.23. The summed E-state index contributed by atoms with van der Waals surface area (Å²) in [7, 11) is 1.62. The van der Waals surface area contributed by atoms with Crippen LogP contribution in [-0.4, -0.2) is 30.8 Å². The molecule has 152 valence electrons. The first-order valence-electron chi connectivity index (χ1n) is 9.96. The normalized spacial score (nSPS) is 25.0. The predicted molar refractivity (Wildman–Crippen MR) is 116 cm³/mol. The second-order valence-electron chi connectivity index (χ2n) is 9.09. The van der Waals surface area contributed by atoms with E-state index in [9.17, 15) is 10.1 Å². The van der Waals surface area contributed by atoms with Gasteiger partial charge in [-0.15, -0.1) is 0 Å². The smallest absolute Gasteiger partial charge is 0.270 e. The lowest BCUT2D eigenvalue weighted by atomic mass is 9.69. The number of piperidine rings is 1. The van der Waals surface area contributed by atoms with Gasteiger partial charge in [0.1, 0.15) is 5.75 Å². The molecular weight excluding hydrogens is 366 g/mol. The number of methoxy groups -OCH3 is 1. The summed E-state index contributed by atoms with van der Waals surface area (Å²) in [6.45, 7) is 8.04. The molecule has 1 heterocycles. The van der Waals surface area contributed by atoms with E-state index in [0.717, 1.165) is 42.1 Å². The van der Waals surface area contributed by atoms with E-state index in [1.165, 1.54) is 0 Å². The quantitative estimate of drug-likeness (QED) is 0.389. The maximum absolute atomic E-state index is 11.3. The summed E-state index contributed by atoms with van der Waals surface area (Å²) in [5.74, 6) is 0.768. The van der Waals surface area contributed by atoms with Gasteiger partial charge >= 0.3 is 0 Å². The SMILES string of the molecule is COc1ccc(N=Cc2cc([N+](=O)[O-])ccc2N2C[C@@]3(C)C[C@H]2CC3(C)C)cc1. The highest BCUT2D eigenvalue weighted by molar-refractivity contribution is 5.91. The highest BCUT2D eigenvalue weighted by Crippen LogP contribution is 2.59. The molecule has 1 aliphatic heterocycles. The molecular formula is C23H27N3O3. The van der Waals surface area contributed by atoms with Crippen LogP contribution in [-0.2, 0) is 0 Å². The molecule has 2 atom stereocenters. The van der Waals surface area contributed by atoms with Crippen molar-refractivity contribution in [3.63, 3.8) is 0 Å². The Morgan fingerprint density at radius 3 is 2.45 bits per heavy atom. The number of non-ortho nitro benzene ring substituents is 1. The molecule has 0 amide bonds. The van der Waals surface area contributed by atoms with Gasteiger partial charge in [0.05, 0.1) is 17.7 Å². The minimum atomic E-state index is -0.352. The average molecular weight is 393 g/mol. The van der Waals surface area contributed by atoms with Gasteiger partial charge in [-0.05, 0) is 54.0 Å². The molecule has 2 bridgehead atoms. The number of rotatable bonds is 5. The van der Waals surface area contributed by atoms with Crippen LogP contribution in [0.5, 0.6) is 5.75 Å². The van der Waals surface area contributed by atoms with E-state index in [0.29, 0.717) is 11.5 Å². The molecule has 29 heavy (non-hydrogen) atoms. The van der Waals surface area contributed by atoms with E-state index >= 15 is 0 Å². The highest BCUT2D eigenvalue weighted by Gasteiger charge is 2.57. The van der Waals surface area contributed by atoms with Gasteiger partial charge in [0, 0.05) is 42.2 Å². The fraction of sp³-hybridized carbons (Fsp3) is 0.435. The molecule has 4 rings (SSSR count). The third-order valence-corrected chi connectivity index (χ3v) is 6.98. The van der Waals surface area contributed by atoms with Crippen LogP contribution in [0.1, 0.15) is 39.2 Å². The van der Waals surface area contributed by atoms with Crippen molar-refractivity contribution in [2.45, 2.75) is 39.7 Å². The first-order valence-corrected chi connectivity index (χ1v) is 9.96. The number of hydrogen-bond donors (Lipinski definition) is 0. The maximum atomic E-state index is 11.3. The summed E-state index contributed by atoms with van der Waals surface area (Å²) >= 11 is 0. The van der Waals surface area contributed by atoms with Crippen LogP contribution in [0.25, 0.3) is 0 Å². The van der Waals surface area contributed by atoms with Crippen molar-refractivity contribution in [2.24, 2.45) is 15.8 Å². The highest BCUT2D eigenvalue weighted by atomic mass is 16.6. The second kappa shape index (κ2) is 6.87. The molecule has 6 heteroatoms. The summed E-state index contributed by atoms with van der Waals surface area (Å²) in [5, 5.41) is 11.3. The number of nitro benzene ring substituents is 1. The lowest BCUT2D eigenvalue weighted by molar-refractivity contribution is -0.384. The Morgan fingerprint density at radius 1 is 1.17 bits per heavy atom. The zero-order chi connectivity index (χ0) is 20.8. The summed E-state index contributed by atoms with van der Waals surface area (Å²) in [6, 6.07) is 13.0. The number of benzene rings is 2. The lowest BCUT2D eigenvalue weighted by Gasteiger charge is -2.44. The molecule has 1 saturated carbocycles. The van der Waals surface area contributed by atoms with Crippen LogP contribution in [0.3, 0.4) is 0 Å². The maximum Gasteiger partial charge on any atom is 0.270 e. The molecule has 1 saturated heterocycles. The van der Waals surface area contributed by atoms with Crippen molar-refractivity contribution in [3.05, 3.63) is 58.1 Å².